The highest BCUT2D eigenvalue weighted by Crippen LogP contribution is 2.36. The predicted molar refractivity (Wildman–Crippen MR) is 82.9 cm³/mol. The van der Waals surface area contributed by atoms with Gasteiger partial charge in [-0.1, -0.05) is 6.92 Å². The lowest BCUT2D eigenvalue weighted by atomic mass is 9.73. The summed E-state index contributed by atoms with van der Waals surface area (Å²) in [5.41, 5.74) is -1.24. The van der Waals surface area contributed by atoms with Gasteiger partial charge in [0.05, 0.1) is 24.9 Å². The molecule has 0 unspecified atom stereocenters. The number of aliphatic hydroxyl groups is 6. The van der Waals surface area contributed by atoms with Crippen molar-refractivity contribution < 1.29 is 40.1 Å². The largest absolute Gasteiger partial charge is 0.394 e. The van der Waals surface area contributed by atoms with E-state index in [0.717, 1.165) is 12.8 Å². The lowest BCUT2D eigenvalue weighted by Gasteiger charge is -2.43. The van der Waals surface area contributed by atoms with Gasteiger partial charge < -0.3 is 40.1 Å². The third kappa shape index (κ3) is 4.25. The van der Waals surface area contributed by atoms with Gasteiger partial charge in [0.1, 0.15) is 24.4 Å². The third-order valence-electron chi connectivity index (χ3n) is 5.42. The second-order valence-corrected chi connectivity index (χ2v) is 7.42. The smallest absolute Gasteiger partial charge is 0.186 e. The maximum Gasteiger partial charge on any atom is 0.186 e. The maximum absolute atomic E-state index is 10.7. The Morgan fingerprint density at radius 3 is 2.33 bits per heavy atom. The van der Waals surface area contributed by atoms with Gasteiger partial charge in [-0.15, -0.1) is 0 Å². The van der Waals surface area contributed by atoms with Crippen molar-refractivity contribution in [1.29, 1.82) is 0 Å². The van der Waals surface area contributed by atoms with Crippen LogP contribution in [0.2, 0.25) is 0 Å². The molecule has 8 heteroatoms. The van der Waals surface area contributed by atoms with E-state index in [1.807, 2.05) is 6.92 Å². The van der Waals surface area contributed by atoms with E-state index < -0.39 is 49.0 Å². The summed E-state index contributed by atoms with van der Waals surface area (Å²) in [6, 6.07) is 0. The van der Waals surface area contributed by atoms with Gasteiger partial charge in [-0.3, -0.25) is 0 Å². The predicted octanol–water partition coefficient (Wildman–Crippen LogP) is -1.65. The SMILES string of the molecule is C[C@H]1CC[C@@H]([C@](C)(O)CO[C@@H]2O[C@H](CO)[C@@H](O)[C@H](O)[C@H]2O)C[C@H]1O. The molecule has 2 rings (SSSR count). The molecule has 0 bridgehead atoms. The minimum absolute atomic E-state index is 0.159. The Balaban J connectivity index is 1.93. The van der Waals surface area contributed by atoms with Crippen LogP contribution in [0, 0.1) is 11.8 Å². The molecule has 2 aliphatic rings. The van der Waals surface area contributed by atoms with Crippen molar-refractivity contribution >= 4 is 0 Å². The Kier molecular flexibility index (Phi) is 6.60. The summed E-state index contributed by atoms with van der Waals surface area (Å²) < 4.78 is 10.7. The molecule has 142 valence electrons. The quantitative estimate of drug-likeness (QED) is 0.347. The standard InChI is InChI=1S/C16H30O8/c1-8-3-4-9(5-10(8)18)16(2,22)7-23-15-14(21)13(20)12(19)11(6-17)24-15/h8-15,17-22H,3-7H2,1-2H3/t8-,9+,10+,11+,12+,13-,14+,15+,16+/m0/s1. The van der Waals surface area contributed by atoms with Crippen molar-refractivity contribution in [2.24, 2.45) is 11.8 Å². The summed E-state index contributed by atoms with van der Waals surface area (Å²) in [6.45, 7) is 2.87. The zero-order valence-corrected chi connectivity index (χ0v) is 14.2. The fourth-order valence-electron chi connectivity index (χ4n) is 3.44. The van der Waals surface area contributed by atoms with E-state index >= 15 is 0 Å². The van der Waals surface area contributed by atoms with Crippen molar-refractivity contribution in [2.75, 3.05) is 13.2 Å². The molecule has 1 heterocycles. The van der Waals surface area contributed by atoms with Crippen molar-refractivity contribution in [1.82, 2.24) is 0 Å². The lowest BCUT2D eigenvalue weighted by molar-refractivity contribution is -0.310. The minimum Gasteiger partial charge on any atom is -0.394 e. The summed E-state index contributed by atoms with van der Waals surface area (Å²) in [4.78, 5) is 0. The fourth-order valence-corrected chi connectivity index (χ4v) is 3.44. The molecule has 24 heavy (non-hydrogen) atoms. The molecule has 0 radical (unpaired) electrons. The second kappa shape index (κ2) is 7.92. The molecule has 8 nitrogen and oxygen atoms in total. The molecular formula is C16H30O8. The summed E-state index contributed by atoms with van der Waals surface area (Å²) in [6.07, 6.45) is -5.20. The third-order valence-corrected chi connectivity index (χ3v) is 5.42. The van der Waals surface area contributed by atoms with E-state index in [1.54, 1.807) is 6.92 Å². The molecule has 1 saturated carbocycles. The normalized spacial score (nSPS) is 46.5. The summed E-state index contributed by atoms with van der Waals surface area (Å²) in [5, 5.41) is 59.2. The van der Waals surface area contributed by atoms with Gasteiger partial charge in [0.15, 0.2) is 6.29 Å². The maximum atomic E-state index is 10.7. The van der Waals surface area contributed by atoms with Gasteiger partial charge in [0, 0.05) is 0 Å². The van der Waals surface area contributed by atoms with E-state index in [-0.39, 0.29) is 18.4 Å². The monoisotopic (exact) mass is 350 g/mol. The van der Waals surface area contributed by atoms with Crippen LogP contribution < -0.4 is 0 Å². The van der Waals surface area contributed by atoms with Crippen LogP contribution in [0.1, 0.15) is 33.1 Å². The van der Waals surface area contributed by atoms with Crippen molar-refractivity contribution in [3.63, 3.8) is 0 Å². The molecule has 1 saturated heterocycles. The number of rotatable bonds is 5. The molecular weight excluding hydrogens is 320 g/mol. The van der Waals surface area contributed by atoms with Gasteiger partial charge in [0.25, 0.3) is 0 Å². The van der Waals surface area contributed by atoms with Crippen LogP contribution >= 0.6 is 0 Å². The van der Waals surface area contributed by atoms with E-state index in [9.17, 15) is 25.5 Å². The Bertz CT molecular complexity index is 402. The topological polar surface area (TPSA) is 140 Å². The molecule has 6 N–H and O–H groups in total. The molecule has 9 atom stereocenters. The second-order valence-electron chi connectivity index (χ2n) is 7.42. The number of ether oxygens (including phenoxy) is 2. The first-order valence-corrected chi connectivity index (χ1v) is 8.50. The highest BCUT2D eigenvalue weighted by atomic mass is 16.7. The van der Waals surface area contributed by atoms with Crippen molar-refractivity contribution in [3.8, 4) is 0 Å². The Morgan fingerprint density at radius 1 is 1.08 bits per heavy atom. The van der Waals surface area contributed by atoms with Gasteiger partial charge in [0.2, 0.25) is 0 Å². The molecule has 0 aromatic rings. The van der Waals surface area contributed by atoms with Gasteiger partial charge in [-0.05, 0) is 38.0 Å². The van der Waals surface area contributed by atoms with Crippen molar-refractivity contribution in [2.45, 2.75) is 75.5 Å². The van der Waals surface area contributed by atoms with Gasteiger partial charge in [-0.25, -0.2) is 0 Å². The average Bonchev–Trinajstić information content (AvgIpc) is 2.54. The average molecular weight is 350 g/mol. The van der Waals surface area contributed by atoms with Crippen LogP contribution in [0.15, 0.2) is 0 Å². The highest BCUT2D eigenvalue weighted by molar-refractivity contribution is 4.91. The number of aliphatic hydroxyl groups excluding tert-OH is 5. The molecule has 1 aliphatic carbocycles. The fraction of sp³-hybridized carbons (Fsp3) is 1.00. The minimum atomic E-state index is -1.51. The van der Waals surface area contributed by atoms with E-state index in [2.05, 4.69) is 0 Å². The Labute approximate surface area is 141 Å². The Hall–Kier alpha value is -0.320. The zero-order valence-electron chi connectivity index (χ0n) is 14.2. The summed E-state index contributed by atoms with van der Waals surface area (Å²) >= 11 is 0. The van der Waals surface area contributed by atoms with Crippen LogP contribution in [-0.2, 0) is 9.47 Å². The molecule has 2 fully saturated rings. The number of hydrogen-bond acceptors (Lipinski definition) is 8. The molecule has 0 amide bonds. The Morgan fingerprint density at radius 2 is 1.75 bits per heavy atom. The molecule has 0 aromatic carbocycles. The first-order chi connectivity index (χ1) is 11.2. The van der Waals surface area contributed by atoms with E-state index in [4.69, 9.17) is 14.6 Å². The lowest BCUT2D eigenvalue weighted by Crippen LogP contribution is -2.60. The first kappa shape index (κ1) is 20.0. The van der Waals surface area contributed by atoms with Crippen molar-refractivity contribution in [3.05, 3.63) is 0 Å². The van der Waals surface area contributed by atoms with Gasteiger partial charge in [-0.2, -0.15) is 0 Å². The van der Waals surface area contributed by atoms with Crippen LogP contribution in [0.3, 0.4) is 0 Å². The van der Waals surface area contributed by atoms with E-state index in [0.29, 0.717) is 6.42 Å². The molecule has 0 aromatic heterocycles. The van der Waals surface area contributed by atoms with Crippen LogP contribution in [0.5, 0.6) is 0 Å². The van der Waals surface area contributed by atoms with Crippen LogP contribution in [0.25, 0.3) is 0 Å². The molecule has 1 aliphatic heterocycles. The summed E-state index contributed by atoms with van der Waals surface area (Å²) in [5.74, 6) is 0.0389. The highest BCUT2D eigenvalue weighted by Gasteiger charge is 2.45. The molecule has 0 spiro atoms. The van der Waals surface area contributed by atoms with Crippen LogP contribution in [-0.4, -0.2) is 86.3 Å². The zero-order chi connectivity index (χ0) is 18.1. The van der Waals surface area contributed by atoms with E-state index in [1.165, 1.54) is 0 Å². The first-order valence-electron chi connectivity index (χ1n) is 8.50. The van der Waals surface area contributed by atoms with Crippen LogP contribution in [0.4, 0.5) is 0 Å². The summed E-state index contributed by atoms with van der Waals surface area (Å²) in [7, 11) is 0. The number of hydrogen-bond donors (Lipinski definition) is 6. The van der Waals surface area contributed by atoms with Gasteiger partial charge >= 0.3 is 0 Å².